The third-order valence-corrected chi connectivity index (χ3v) is 2.43. The van der Waals surface area contributed by atoms with Gasteiger partial charge in [0.2, 0.25) is 11.8 Å². The van der Waals surface area contributed by atoms with E-state index in [-0.39, 0.29) is 22.5 Å². The minimum atomic E-state index is -4.57. The van der Waals surface area contributed by atoms with Crippen LogP contribution in [0.1, 0.15) is 11.3 Å². The van der Waals surface area contributed by atoms with Gasteiger partial charge in [0.1, 0.15) is 5.15 Å². The largest absolute Gasteiger partial charge is 0.435 e. The smallest absolute Gasteiger partial charge is 0.421 e. The number of aryl methyl sites for hydroxylation is 1. The summed E-state index contributed by atoms with van der Waals surface area (Å²) in [6.07, 6.45) is -4.57. The molecule has 0 aromatic carbocycles. The third-order valence-electron chi connectivity index (χ3n) is 2.24. The lowest BCUT2D eigenvalue weighted by Crippen LogP contribution is -2.06. The Balaban J connectivity index is 2.33. The van der Waals surface area contributed by atoms with Crippen LogP contribution in [0.3, 0.4) is 0 Å². The minimum Gasteiger partial charge on any atom is -0.421 e. The summed E-state index contributed by atoms with van der Waals surface area (Å²) >= 11 is 5.67. The Kier molecular flexibility index (Phi) is 3.55. The summed E-state index contributed by atoms with van der Waals surface area (Å²) in [5, 5.41) is 12.0. The van der Waals surface area contributed by atoms with E-state index in [1.165, 1.54) is 19.2 Å². The molecule has 0 saturated heterocycles. The van der Waals surface area contributed by atoms with Gasteiger partial charge < -0.3 is 4.74 Å². The lowest BCUT2D eigenvalue weighted by Gasteiger charge is -2.04. The molecule has 2 heterocycles. The second kappa shape index (κ2) is 5.02. The van der Waals surface area contributed by atoms with Crippen LogP contribution in [0.15, 0.2) is 18.2 Å². The van der Waals surface area contributed by atoms with Crippen molar-refractivity contribution >= 4 is 11.6 Å². The molecule has 0 atom stereocenters. The summed E-state index contributed by atoms with van der Waals surface area (Å²) < 4.78 is 43.6. The zero-order chi connectivity index (χ0) is 14.9. The predicted octanol–water partition coefficient (Wildman–Crippen LogP) is 3.15. The van der Waals surface area contributed by atoms with Crippen molar-refractivity contribution in [1.82, 2.24) is 14.8 Å². The molecule has 0 aliphatic rings. The Morgan fingerprint density at radius 2 is 2.05 bits per heavy atom. The third kappa shape index (κ3) is 3.00. The second-order valence-corrected chi connectivity index (χ2v) is 4.11. The Labute approximate surface area is 116 Å². The molecule has 0 saturated carbocycles. The Hall–Kier alpha value is -2.27. The summed E-state index contributed by atoms with van der Waals surface area (Å²) in [6, 6.07) is 5.12. The maximum Gasteiger partial charge on any atom is 0.435 e. The predicted molar refractivity (Wildman–Crippen MR) is 62.2 cm³/mol. The highest BCUT2D eigenvalue weighted by molar-refractivity contribution is 6.29. The molecule has 2 rings (SSSR count). The number of hydrogen-bond donors (Lipinski definition) is 0. The van der Waals surface area contributed by atoms with Gasteiger partial charge in [0.15, 0.2) is 5.69 Å². The first-order chi connectivity index (χ1) is 9.29. The van der Waals surface area contributed by atoms with Crippen LogP contribution in [0.25, 0.3) is 0 Å². The van der Waals surface area contributed by atoms with Crippen molar-refractivity contribution in [1.29, 1.82) is 5.26 Å². The highest BCUT2D eigenvalue weighted by atomic mass is 35.5. The number of alkyl halides is 3. The fraction of sp³-hybridized carbons (Fsp3) is 0.182. The second-order valence-electron chi connectivity index (χ2n) is 3.72. The molecular formula is C11H6ClF3N4O. The molecule has 0 aliphatic carbocycles. The molecule has 0 spiro atoms. The normalized spacial score (nSPS) is 11.2. The molecule has 0 fully saturated rings. The average Bonchev–Trinajstić information content (AvgIpc) is 2.70. The van der Waals surface area contributed by atoms with Crippen molar-refractivity contribution in [3.63, 3.8) is 0 Å². The summed E-state index contributed by atoms with van der Waals surface area (Å²) in [5.74, 6) is -0.262. The molecule has 0 aliphatic heterocycles. The van der Waals surface area contributed by atoms with Crippen molar-refractivity contribution < 1.29 is 17.9 Å². The molecule has 0 unspecified atom stereocenters. The van der Waals surface area contributed by atoms with Gasteiger partial charge in [-0.3, -0.25) is 0 Å². The van der Waals surface area contributed by atoms with Crippen LogP contribution < -0.4 is 4.74 Å². The van der Waals surface area contributed by atoms with E-state index in [4.69, 9.17) is 21.6 Å². The van der Waals surface area contributed by atoms with Gasteiger partial charge in [0.05, 0.1) is 11.6 Å². The molecule has 0 amide bonds. The first kappa shape index (κ1) is 14.1. The lowest BCUT2D eigenvalue weighted by molar-refractivity contribution is -0.141. The van der Waals surface area contributed by atoms with Crippen molar-refractivity contribution in [2.75, 3.05) is 0 Å². The summed E-state index contributed by atoms with van der Waals surface area (Å²) in [5.41, 5.74) is -0.907. The van der Waals surface area contributed by atoms with Crippen LogP contribution in [0.5, 0.6) is 11.8 Å². The Morgan fingerprint density at radius 3 is 2.60 bits per heavy atom. The van der Waals surface area contributed by atoms with Gasteiger partial charge in [-0.2, -0.15) is 23.5 Å². The number of aromatic nitrogens is 3. The van der Waals surface area contributed by atoms with Gasteiger partial charge in [0.25, 0.3) is 0 Å². The maximum atomic E-state index is 12.5. The topological polar surface area (TPSA) is 63.7 Å². The number of rotatable bonds is 2. The van der Waals surface area contributed by atoms with E-state index in [9.17, 15) is 13.2 Å². The highest BCUT2D eigenvalue weighted by Gasteiger charge is 2.35. The molecule has 0 bridgehead atoms. The Morgan fingerprint density at radius 1 is 1.35 bits per heavy atom. The molecule has 9 heteroatoms. The van der Waals surface area contributed by atoms with E-state index in [2.05, 4.69) is 10.1 Å². The number of halogens is 4. The van der Waals surface area contributed by atoms with Crippen molar-refractivity contribution in [2.24, 2.45) is 7.05 Å². The molecule has 2 aromatic heterocycles. The van der Waals surface area contributed by atoms with Gasteiger partial charge in [-0.25, -0.2) is 9.67 Å². The van der Waals surface area contributed by atoms with Gasteiger partial charge in [-0.15, -0.1) is 0 Å². The minimum absolute atomic E-state index is 0.00253. The van der Waals surface area contributed by atoms with E-state index in [1.54, 1.807) is 0 Å². The summed E-state index contributed by atoms with van der Waals surface area (Å²) in [4.78, 5) is 3.76. The van der Waals surface area contributed by atoms with E-state index >= 15 is 0 Å². The number of pyridine rings is 1. The molecule has 104 valence electrons. The van der Waals surface area contributed by atoms with Crippen molar-refractivity contribution in [2.45, 2.75) is 6.18 Å². The summed E-state index contributed by atoms with van der Waals surface area (Å²) in [6.45, 7) is 0. The molecule has 2 aromatic rings. The number of hydrogen-bond acceptors (Lipinski definition) is 4. The maximum absolute atomic E-state index is 12.5. The van der Waals surface area contributed by atoms with Crippen LogP contribution in [-0.4, -0.2) is 14.8 Å². The molecule has 0 radical (unpaired) electrons. The summed E-state index contributed by atoms with van der Waals surface area (Å²) in [7, 11) is 1.29. The zero-order valence-corrected chi connectivity index (χ0v) is 10.7. The Bertz CT molecular complexity index is 690. The monoisotopic (exact) mass is 302 g/mol. The average molecular weight is 303 g/mol. The zero-order valence-electron chi connectivity index (χ0n) is 9.94. The highest BCUT2D eigenvalue weighted by Crippen LogP contribution is 2.31. The first-order valence-electron chi connectivity index (χ1n) is 5.16. The number of nitriles is 1. The van der Waals surface area contributed by atoms with Crippen molar-refractivity contribution in [3.8, 4) is 17.8 Å². The van der Waals surface area contributed by atoms with Gasteiger partial charge in [-0.1, -0.05) is 11.6 Å². The SMILES string of the molecule is Cn1nc(C(F)(F)F)cc1Oc1cc(C#N)cc(Cl)n1. The van der Waals surface area contributed by atoms with E-state index in [1.807, 2.05) is 6.07 Å². The molecular weight excluding hydrogens is 297 g/mol. The van der Waals surface area contributed by atoms with Gasteiger partial charge >= 0.3 is 6.18 Å². The molecule has 5 nitrogen and oxygen atoms in total. The number of ether oxygens (including phenoxy) is 1. The fourth-order valence-corrected chi connectivity index (χ4v) is 1.58. The van der Waals surface area contributed by atoms with Crippen LogP contribution in [-0.2, 0) is 13.2 Å². The van der Waals surface area contributed by atoms with Crippen LogP contribution in [0.4, 0.5) is 13.2 Å². The van der Waals surface area contributed by atoms with Crippen molar-refractivity contribution in [3.05, 3.63) is 34.6 Å². The van der Waals surface area contributed by atoms with Gasteiger partial charge in [0, 0.05) is 19.2 Å². The number of nitrogens with zero attached hydrogens (tertiary/aromatic N) is 4. The van der Waals surface area contributed by atoms with Gasteiger partial charge in [-0.05, 0) is 6.07 Å². The van der Waals surface area contributed by atoms with E-state index in [0.717, 1.165) is 10.7 Å². The van der Waals surface area contributed by atoms with Crippen LogP contribution in [0, 0.1) is 11.3 Å². The quantitative estimate of drug-likeness (QED) is 0.799. The van der Waals surface area contributed by atoms with E-state index < -0.39 is 11.9 Å². The molecule has 20 heavy (non-hydrogen) atoms. The molecule has 0 N–H and O–H groups in total. The fourth-order valence-electron chi connectivity index (χ4n) is 1.38. The van der Waals surface area contributed by atoms with Crippen LogP contribution in [0.2, 0.25) is 5.15 Å². The first-order valence-corrected chi connectivity index (χ1v) is 5.54. The van der Waals surface area contributed by atoms with Crippen LogP contribution >= 0.6 is 11.6 Å². The lowest BCUT2D eigenvalue weighted by atomic mass is 10.3. The standard InChI is InChI=1S/C11H6ClF3N4O/c1-19-10(4-7(18-19)11(13,14)15)20-9-3-6(5-16)2-8(12)17-9/h2-4H,1H3. The van der Waals surface area contributed by atoms with E-state index in [0.29, 0.717) is 0 Å².